The van der Waals surface area contributed by atoms with Gasteiger partial charge in [-0.05, 0) is 38.0 Å². The molecule has 25 heavy (non-hydrogen) atoms. The topological polar surface area (TPSA) is 91.7 Å². The summed E-state index contributed by atoms with van der Waals surface area (Å²) in [6.07, 6.45) is 10.1. The van der Waals surface area contributed by atoms with E-state index in [-0.39, 0.29) is 36.2 Å². The number of ketones is 2. The molecule has 0 radical (unpaired) electrons. The van der Waals surface area contributed by atoms with Crippen LogP contribution >= 0.6 is 0 Å². The van der Waals surface area contributed by atoms with Gasteiger partial charge in [0.25, 0.3) is 0 Å². The van der Waals surface area contributed by atoms with Crippen molar-refractivity contribution in [3.63, 3.8) is 0 Å². The van der Waals surface area contributed by atoms with Crippen molar-refractivity contribution in [2.75, 3.05) is 0 Å². The molecular weight excluding hydrogens is 320 g/mol. The second-order valence-electron chi connectivity index (χ2n) is 7.04. The van der Waals surface area contributed by atoms with Crippen LogP contribution in [0.5, 0.6) is 0 Å². The summed E-state index contributed by atoms with van der Waals surface area (Å²) in [4.78, 5) is 34.5. The number of carbonyl (C=O) groups is 3. The van der Waals surface area contributed by atoms with E-state index in [0.29, 0.717) is 38.5 Å². The van der Waals surface area contributed by atoms with Crippen molar-refractivity contribution in [3.8, 4) is 0 Å². The average Bonchev–Trinajstić information content (AvgIpc) is 2.82. The molecule has 0 aromatic carbocycles. The third-order valence-electron chi connectivity index (χ3n) is 4.96. The van der Waals surface area contributed by atoms with Gasteiger partial charge in [0.1, 0.15) is 11.6 Å². The molecule has 0 aliphatic heterocycles. The Morgan fingerprint density at radius 3 is 2.56 bits per heavy atom. The van der Waals surface area contributed by atoms with Gasteiger partial charge in [-0.1, -0.05) is 31.9 Å². The molecule has 1 aliphatic rings. The van der Waals surface area contributed by atoms with Crippen molar-refractivity contribution in [1.29, 1.82) is 0 Å². The highest BCUT2D eigenvalue weighted by Gasteiger charge is 2.40. The molecule has 3 atom stereocenters. The number of aliphatic hydroxyl groups excluding tert-OH is 1. The predicted octanol–water partition coefficient (Wildman–Crippen LogP) is 3.68. The monoisotopic (exact) mass is 352 g/mol. The van der Waals surface area contributed by atoms with E-state index in [1.807, 2.05) is 12.2 Å². The molecule has 0 aromatic rings. The normalized spacial score (nSPS) is 23.4. The highest BCUT2D eigenvalue weighted by Crippen LogP contribution is 2.35. The molecule has 3 unspecified atom stereocenters. The highest BCUT2D eigenvalue weighted by molar-refractivity contribution is 5.85. The van der Waals surface area contributed by atoms with E-state index in [1.54, 1.807) is 0 Å². The molecule has 0 saturated heterocycles. The minimum absolute atomic E-state index is 0.0677. The van der Waals surface area contributed by atoms with Gasteiger partial charge in [0.2, 0.25) is 0 Å². The summed E-state index contributed by atoms with van der Waals surface area (Å²) in [5.74, 6) is -0.863. The van der Waals surface area contributed by atoms with Crippen LogP contribution in [0.3, 0.4) is 0 Å². The van der Waals surface area contributed by atoms with E-state index in [2.05, 4.69) is 6.92 Å². The van der Waals surface area contributed by atoms with Crippen LogP contribution in [0.4, 0.5) is 0 Å². The average molecular weight is 352 g/mol. The molecule has 5 nitrogen and oxygen atoms in total. The molecule has 0 spiro atoms. The lowest BCUT2D eigenvalue weighted by Gasteiger charge is -2.19. The number of aliphatic carboxylic acids is 1. The summed E-state index contributed by atoms with van der Waals surface area (Å²) in [5.41, 5.74) is 0. The van der Waals surface area contributed by atoms with Crippen molar-refractivity contribution < 1.29 is 24.6 Å². The Morgan fingerprint density at radius 2 is 1.88 bits per heavy atom. The number of carboxylic acids is 1. The lowest BCUT2D eigenvalue weighted by Crippen LogP contribution is -2.21. The molecule has 2 N–H and O–H groups in total. The first-order chi connectivity index (χ1) is 12.0. The van der Waals surface area contributed by atoms with Gasteiger partial charge in [-0.15, -0.1) is 0 Å². The molecule has 0 bridgehead atoms. The van der Waals surface area contributed by atoms with Crippen molar-refractivity contribution in [3.05, 3.63) is 12.2 Å². The molecule has 1 rings (SSSR count). The van der Waals surface area contributed by atoms with E-state index >= 15 is 0 Å². The lowest BCUT2D eigenvalue weighted by molar-refractivity contribution is -0.137. The number of hydrogen-bond acceptors (Lipinski definition) is 4. The van der Waals surface area contributed by atoms with Crippen LogP contribution < -0.4 is 0 Å². The molecule has 5 heteroatoms. The Kier molecular flexibility index (Phi) is 10.3. The Balaban J connectivity index is 2.39. The SMILES string of the molecule is CCCCCC(=O)CCC1C(=O)CC(O)C1C/C=C/CCCC(=O)O. The largest absolute Gasteiger partial charge is 0.481 e. The number of aliphatic hydroxyl groups is 1. The highest BCUT2D eigenvalue weighted by atomic mass is 16.4. The summed E-state index contributed by atoms with van der Waals surface area (Å²) in [6, 6.07) is 0. The molecule has 1 fully saturated rings. The Morgan fingerprint density at radius 1 is 1.12 bits per heavy atom. The molecule has 1 saturated carbocycles. The Labute approximate surface area is 150 Å². The fourth-order valence-corrected chi connectivity index (χ4v) is 3.47. The van der Waals surface area contributed by atoms with Crippen LogP contribution in [0.2, 0.25) is 0 Å². The smallest absolute Gasteiger partial charge is 0.303 e. The summed E-state index contributed by atoms with van der Waals surface area (Å²) in [5, 5.41) is 18.7. The maximum Gasteiger partial charge on any atom is 0.303 e. The molecule has 1 aliphatic carbocycles. The third kappa shape index (κ3) is 8.43. The molecular formula is C20H32O5. The number of rotatable bonds is 13. The number of Topliss-reactive ketones (excluding diaryl/α,β-unsaturated/α-hetero) is 2. The van der Waals surface area contributed by atoms with Crippen LogP contribution in [-0.4, -0.2) is 33.9 Å². The standard InChI is InChI=1S/C20H32O5/c1-2-3-6-9-15(21)12-13-17-16(18(22)14-19(17)23)10-7-4-5-8-11-20(24)25/h4,7,16-18,22H,2-3,5-6,8-14H2,1H3,(H,24,25)/b7-4+. The van der Waals surface area contributed by atoms with Gasteiger partial charge in [-0.2, -0.15) is 0 Å². The first-order valence-electron chi connectivity index (χ1n) is 9.55. The van der Waals surface area contributed by atoms with E-state index < -0.39 is 12.1 Å². The minimum atomic E-state index is -0.797. The van der Waals surface area contributed by atoms with Crippen LogP contribution in [0, 0.1) is 11.8 Å². The zero-order valence-electron chi connectivity index (χ0n) is 15.3. The molecule has 0 aromatic heterocycles. The maximum atomic E-state index is 12.1. The fourth-order valence-electron chi connectivity index (χ4n) is 3.47. The van der Waals surface area contributed by atoms with Crippen molar-refractivity contribution in [1.82, 2.24) is 0 Å². The summed E-state index contributed by atoms with van der Waals surface area (Å²) in [6.45, 7) is 2.10. The zero-order valence-corrected chi connectivity index (χ0v) is 15.3. The number of hydrogen-bond donors (Lipinski definition) is 2. The maximum absolute atomic E-state index is 12.1. The quantitative estimate of drug-likeness (QED) is 0.390. The third-order valence-corrected chi connectivity index (χ3v) is 4.96. The molecule has 142 valence electrons. The second-order valence-corrected chi connectivity index (χ2v) is 7.04. The van der Waals surface area contributed by atoms with Crippen molar-refractivity contribution in [2.45, 2.75) is 83.7 Å². The molecule has 0 heterocycles. The fraction of sp³-hybridized carbons (Fsp3) is 0.750. The number of carbonyl (C=O) groups excluding carboxylic acids is 2. The van der Waals surface area contributed by atoms with E-state index in [1.165, 1.54) is 0 Å². The van der Waals surface area contributed by atoms with Gasteiger partial charge >= 0.3 is 5.97 Å². The van der Waals surface area contributed by atoms with Gasteiger partial charge in [0, 0.05) is 31.6 Å². The first-order valence-corrected chi connectivity index (χ1v) is 9.55. The van der Waals surface area contributed by atoms with Crippen molar-refractivity contribution >= 4 is 17.5 Å². The summed E-state index contributed by atoms with van der Waals surface area (Å²) < 4.78 is 0. The first kappa shape index (κ1) is 21.6. The van der Waals surface area contributed by atoms with Gasteiger partial charge in [-0.3, -0.25) is 14.4 Å². The summed E-state index contributed by atoms with van der Waals surface area (Å²) >= 11 is 0. The second kappa shape index (κ2) is 12.0. The zero-order chi connectivity index (χ0) is 18.7. The van der Waals surface area contributed by atoms with Crippen LogP contribution in [0.15, 0.2) is 12.2 Å². The van der Waals surface area contributed by atoms with E-state index in [0.717, 1.165) is 19.3 Å². The van der Waals surface area contributed by atoms with Gasteiger partial charge in [0.15, 0.2) is 0 Å². The minimum Gasteiger partial charge on any atom is -0.481 e. The van der Waals surface area contributed by atoms with Crippen LogP contribution in [0.1, 0.15) is 77.6 Å². The lowest BCUT2D eigenvalue weighted by atomic mass is 9.86. The summed E-state index contributed by atoms with van der Waals surface area (Å²) in [7, 11) is 0. The van der Waals surface area contributed by atoms with Crippen LogP contribution in [-0.2, 0) is 14.4 Å². The van der Waals surface area contributed by atoms with E-state index in [4.69, 9.17) is 5.11 Å². The van der Waals surface area contributed by atoms with Crippen LogP contribution in [0.25, 0.3) is 0 Å². The predicted molar refractivity (Wildman–Crippen MR) is 96.2 cm³/mol. The molecule has 0 amide bonds. The van der Waals surface area contributed by atoms with E-state index in [9.17, 15) is 19.5 Å². The number of allylic oxidation sites excluding steroid dienone is 2. The number of carboxylic acid groups (broad SMARTS) is 1. The van der Waals surface area contributed by atoms with Gasteiger partial charge in [-0.25, -0.2) is 0 Å². The Hall–Kier alpha value is -1.49. The van der Waals surface area contributed by atoms with Gasteiger partial charge in [0.05, 0.1) is 6.10 Å². The Bertz CT molecular complexity index is 469. The number of unbranched alkanes of at least 4 members (excludes halogenated alkanes) is 3. The van der Waals surface area contributed by atoms with Gasteiger partial charge < -0.3 is 10.2 Å². The van der Waals surface area contributed by atoms with Crippen molar-refractivity contribution in [2.24, 2.45) is 11.8 Å².